The van der Waals surface area contributed by atoms with Crippen LogP contribution in [0.15, 0.2) is 46.3 Å². The number of carbonyl (C=O) groups excluding carboxylic acids is 1. The molecule has 1 heterocycles. The van der Waals surface area contributed by atoms with E-state index < -0.39 is 27.4 Å². The van der Waals surface area contributed by atoms with E-state index in [0.717, 1.165) is 29.7 Å². The number of carbonyl (C=O) groups is 1. The molecule has 0 N–H and O–H groups in total. The normalized spacial score (nSPS) is 12.3. The molecular weight excluding hydrogens is 394 g/mol. The van der Waals surface area contributed by atoms with Crippen LogP contribution in [0.5, 0.6) is 0 Å². The maximum atomic E-state index is 14.2. The molecule has 0 aliphatic rings. The number of nitrogens with zero attached hydrogens (tertiary/aromatic N) is 2. The summed E-state index contributed by atoms with van der Waals surface area (Å²) in [5.41, 5.74) is 0.220. The van der Waals surface area contributed by atoms with Crippen molar-refractivity contribution in [2.75, 3.05) is 6.26 Å². The van der Waals surface area contributed by atoms with Gasteiger partial charge in [-0.3, -0.25) is 4.79 Å². The first-order valence-corrected chi connectivity index (χ1v) is 10.2. The minimum absolute atomic E-state index is 0.0539. The lowest BCUT2D eigenvalue weighted by Gasteiger charge is -2.02. The number of thiazole rings is 1. The fourth-order valence-electron chi connectivity index (χ4n) is 2.45. The molecule has 3 rings (SSSR count). The van der Waals surface area contributed by atoms with Gasteiger partial charge in [-0.1, -0.05) is 17.3 Å². The zero-order chi connectivity index (χ0) is 19.8. The summed E-state index contributed by atoms with van der Waals surface area (Å²) in [6.07, 6.45) is 6.37. The molecule has 0 radical (unpaired) electrons. The number of rotatable bonds is 3. The number of benzene rings is 2. The van der Waals surface area contributed by atoms with Crippen LogP contribution in [0.3, 0.4) is 0 Å². The van der Waals surface area contributed by atoms with Gasteiger partial charge in [0.1, 0.15) is 5.82 Å². The number of fused-ring (bicyclic) bond motifs is 1. The highest BCUT2D eigenvalue weighted by molar-refractivity contribution is 7.90. The van der Waals surface area contributed by atoms with Gasteiger partial charge in [-0.15, -0.1) is 6.42 Å². The fourth-order valence-corrected chi connectivity index (χ4v) is 4.15. The van der Waals surface area contributed by atoms with Crippen molar-refractivity contribution < 1.29 is 22.0 Å². The summed E-state index contributed by atoms with van der Waals surface area (Å²) in [4.78, 5) is 16.6. The highest BCUT2D eigenvalue weighted by Crippen LogP contribution is 2.22. The van der Waals surface area contributed by atoms with Crippen molar-refractivity contribution in [1.82, 2.24) is 4.57 Å². The third-order valence-electron chi connectivity index (χ3n) is 3.67. The zero-order valence-corrected chi connectivity index (χ0v) is 15.6. The van der Waals surface area contributed by atoms with Gasteiger partial charge in [0.25, 0.3) is 5.91 Å². The largest absolute Gasteiger partial charge is 0.302 e. The lowest BCUT2D eigenvalue weighted by molar-refractivity contribution is 0.0997. The van der Waals surface area contributed by atoms with Crippen LogP contribution < -0.4 is 4.80 Å². The number of hydrogen-bond acceptors (Lipinski definition) is 4. The summed E-state index contributed by atoms with van der Waals surface area (Å²) in [7, 11) is -3.39. The Hall–Kier alpha value is -2.83. The first-order chi connectivity index (χ1) is 12.7. The smallest absolute Gasteiger partial charge is 0.279 e. The van der Waals surface area contributed by atoms with Gasteiger partial charge in [0.2, 0.25) is 0 Å². The minimum Gasteiger partial charge on any atom is -0.302 e. The van der Waals surface area contributed by atoms with E-state index in [9.17, 15) is 22.0 Å². The maximum absolute atomic E-state index is 14.2. The summed E-state index contributed by atoms with van der Waals surface area (Å²) in [6, 6.07) is 7.14. The van der Waals surface area contributed by atoms with Crippen molar-refractivity contribution in [3.05, 3.63) is 58.4 Å². The van der Waals surface area contributed by atoms with Gasteiger partial charge in [-0.05, 0) is 30.3 Å². The third kappa shape index (κ3) is 3.82. The Labute approximate surface area is 157 Å². The molecule has 0 saturated heterocycles. The molecule has 1 amide bonds. The van der Waals surface area contributed by atoms with Crippen LogP contribution >= 0.6 is 11.3 Å². The van der Waals surface area contributed by atoms with Crippen LogP contribution in [0.4, 0.5) is 8.78 Å². The van der Waals surface area contributed by atoms with Crippen molar-refractivity contribution in [3.63, 3.8) is 0 Å². The number of halogens is 2. The Kier molecular flexibility index (Phi) is 4.95. The summed E-state index contributed by atoms with van der Waals surface area (Å²) < 4.78 is 52.2. The fraction of sp³-hybridized carbons (Fsp3) is 0.111. The monoisotopic (exact) mass is 406 g/mol. The van der Waals surface area contributed by atoms with Crippen LogP contribution in [-0.4, -0.2) is 25.1 Å². The van der Waals surface area contributed by atoms with Crippen LogP contribution in [0.25, 0.3) is 10.2 Å². The molecule has 3 aromatic rings. The molecule has 1 aromatic heterocycles. The average molecular weight is 406 g/mol. The zero-order valence-electron chi connectivity index (χ0n) is 13.9. The minimum atomic E-state index is -3.39. The van der Waals surface area contributed by atoms with Crippen molar-refractivity contribution >= 4 is 37.3 Å². The van der Waals surface area contributed by atoms with Crippen LogP contribution in [0.1, 0.15) is 10.4 Å². The average Bonchev–Trinajstić information content (AvgIpc) is 2.92. The van der Waals surface area contributed by atoms with Crippen molar-refractivity contribution in [3.8, 4) is 12.3 Å². The Morgan fingerprint density at radius 1 is 1.26 bits per heavy atom. The SMILES string of the molecule is C#CCn1c(=NC(=O)c2ccc(S(C)(=O)=O)cc2)sc2cc(F)cc(F)c21. The molecule has 27 heavy (non-hydrogen) atoms. The molecular formula is C18H12F2N2O3S2. The summed E-state index contributed by atoms with van der Waals surface area (Å²) in [5.74, 6) is 0.144. The second-order valence-corrected chi connectivity index (χ2v) is 8.65. The standard InChI is InChI=1S/C18H12F2N2O3S2/c1-3-8-22-16-14(20)9-12(19)10-15(16)26-18(22)21-17(23)11-4-6-13(7-5-11)27(2,24)25/h1,4-7,9-10H,8H2,2H3. The molecule has 0 atom stereocenters. The van der Waals surface area contributed by atoms with Gasteiger partial charge in [0.05, 0.1) is 21.7 Å². The van der Waals surface area contributed by atoms with E-state index >= 15 is 0 Å². The Morgan fingerprint density at radius 2 is 1.93 bits per heavy atom. The Bertz CT molecular complexity index is 1260. The molecule has 9 heteroatoms. The van der Waals surface area contributed by atoms with E-state index in [4.69, 9.17) is 6.42 Å². The van der Waals surface area contributed by atoms with E-state index in [2.05, 4.69) is 10.9 Å². The highest BCUT2D eigenvalue weighted by atomic mass is 32.2. The van der Waals surface area contributed by atoms with E-state index in [0.29, 0.717) is 0 Å². The van der Waals surface area contributed by atoms with E-state index in [1.54, 1.807) is 0 Å². The predicted octanol–water partition coefficient (Wildman–Crippen LogP) is 2.76. The van der Waals surface area contributed by atoms with E-state index in [1.165, 1.54) is 28.8 Å². The number of hydrogen-bond donors (Lipinski definition) is 0. The number of amides is 1. The number of sulfone groups is 1. The summed E-state index contributed by atoms with van der Waals surface area (Å²) in [5, 5.41) is 0. The molecule has 0 aliphatic heterocycles. The molecule has 0 saturated carbocycles. The van der Waals surface area contributed by atoms with Gasteiger partial charge in [-0.2, -0.15) is 4.99 Å². The highest BCUT2D eigenvalue weighted by Gasteiger charge is 2.14. The second-order valence-electron chi connectivity index (χ2n) is 5.62. The molecule has 2 aromatic carbocycles. The Morgan fingerprint density at radius 3 is 2.52 bits per heavy atom. The van der Waals surface area contributed by atoms with E-state index in [-0.39, 0.29) is 32.0 Å². The molecule has 0 bridgehead atoms. The number of aromatic nitrogens is 1. The predicted molar refractivity (Wildman–Crippen MR) is 98.0 cm³/mol. The third-order valence-corrected chi connectivity index (χ3v) is 5.83. The topological polar surface area (TPSA) is 68.5 Å². The lowest BCUT2D eigenvalue weighted by Crippen LogP contribution is -2.17. The van der Waals surface area contributed by atoms with Gasteiger partial charge in [0.15, 0.2) is 20.5 Å². The van der Waals surface area contributed by atoms with Gasteiger partial charge < -0.3 is 4.57 Å². The second kappa shape index (κ2) is 7.06. The first kappa shape index (κ1) is 18.9. The molecule has 0 unspecified atom stereocenters. The van der Waals surface area contributed by atoms with Gasteiger partial charge >= 0.3 is 0 Å². The molecule has 5 nitrogen and oxygen atoms in total. The van der Waals surface area contributed by atoms with Crippen molar-refractivity contribution in [2.45, 2.75) is 11.4 Å². The Balaban J connectivity index is 2.12. The van der Waals surface area contributed by atoms with Gasteiger partial charge in [0, 0.05) is 17.9 Å². The van der Waals surface area contributed by atoms with Crippen LogP contribution in [-0.2, 0) is 16.4 Å². The molecule has 0 aliphatic carbocycles. The first-order valence-electron chi connectivity index (χ1n) is 7.51. The summed E-state index contributed by atoms with van der Waals surface area (Å²) >= 11 is 0.927. The molecule has 0 spiro atoms. The van der Waals surface area contributed by atoms with E-state index in [1.807, 2.05) is 0 Å². The lowest BCUT2D eigenvalue weighted by atomic mass is 10.2. The quantitative estimate of drug-likeness (QED) is 0.628. The molecule has 0 fully saturated rings. The van der Waals surface area contributed by atoms with Crippen molar-refractivity contribution in [1.29, 1.82) is 0 Å². The molecule has 138 valence electrons. The summed E-state index contributed by atoms with van der Waals surface area (Å²) in [6.45, 7) is -0.0539. The van der Waals surface area contributed by atoms with Gasteiger partial charge in [-0.25, -0.2) is 17.2 Å². The number of terminal acetylenes is 1. The van der Waals surface area contributed by atoms with Crippen molar-refractivity contribution in [2.24, 2.45) is 4.99 Å². The maximum Gasteiger partial charge on any atom is 0.279 e. The van der Waals surface area contributed by atoms with Crippen LogP contribution in [0, 0.1) is 24.0 Å². The van der Waals surface area contributed by atoms with Crippen LogP contribution in [0.2, 0.25) is 0 Å².